The minimum absolute atomic E-state index is 0.154. The summed E-state index contributed by atoms with van der Waals surface area (Å²) in [5, 5.41) is 9.02. The lowest BCUT2D eigenvalue weighted by Gasteiger charge is -2.28. The first-order chi connectivity index (χ1) is 9.10. The molecule has 1 aromatic carbocycles. The van der Waals surface area contributed by atoms with Crippen molar-refractivity contribution in [3.8, 4) is 11.5 Å². The van der Waals surface area contributed by atoms with E-state index in [-0.39, 0.29) is 11.7 Å². The molecule has 0 radical (unpaired) electrons. The van der Waals surface area contributed by atoms with Gasteiger partial charge in [-0.05, 0) is 43.4 Å². The van der Waals surface area contributed by atoms with Crippen molar-refractivity contribution in [2.75, 3.05) is 7.11 Å². The predicted octanol–water partition coefficient (Wildman–Crippen LogP) is 3.35. The summed E-state index contributed by atoms with van der Waals surface area (Å²) in [5.74, 6) is 0.821. The van der Waals surface area contributed by atoms with Crippen LogP contribution in [0.3, 0.4) is 0 Å². The Kier molecular flexibility index (Phi) is 4.30. The zero-order valence-electron chi connectivity index (χ0n) is 11.4. The first kappa shape index (κ1) is 13.7. The zero-order valence-corrected chi connectivity index (χ0v) is 11.4. The lowest BCUT2D eigenvalue weighted by Crippen LogP contribution is -2.24. The molecule has 2 atom stereocenters. The van der Waals surface area contributed by atoms with E-state index >= 15 is 0 Å². The average Bonchev–Trinajstić information content (AvgIpc) is 2.38. The monoisotopic (exact) mass is 264 g/mol. The van der Waals surface area contributed by atoms with Gasteiger partial charge in [-0.15, -0.1) is 0 Å². The van der Waals surface area contributed by atoms with E-state index in [4.69, 9.17) is 14.6 Å². The lowest BCUT2D eigenvalue weighted by molar-refractivity contribution is 0.0695. The van der Waals surface area contributed by atoms with Crippen molar-refractivity contribution in [2.45, 2.75) is 38.7 Å². The highest BCUT2D eigenvalue weighted by Crippen LogP contribution is 2.33. The first-order valence-corrected chi connectivity index (χ1v) is 6.68. The van der Waals surface area contributed by atoms with Gasteiger partial charge in [-0.1, -0.05) is 13.3 Å². The van der Waals surface area contributed by atoms with Gasteiger partial charge in [0.15, 0.2) is 11.5 Å². The summed E-state index contributed by atoms with van der Waals surface area (Å²) in [6, 6.07) is 4.71. The fourth-order valence-electron chi connectivity index (χ4n) is 2.57. The highest BCUT2D eigenvalue weighted by atomic mass is 16.5. The van der Waals surface area contributed by atoms with E-state index in [0.29, 0.717) is 17.4 Å². The number of carboxylic acid groups (broad SMARTS) is 1. The first-order valence-electron chi connectivity index (χ1n) is 6.68. The maximum absolute atomic E-state index is 11.0. The molecular formula is C15H20O4. The van der Waals surface area contributed by atoms with Crippen LogP contribution in [0.4, 0.5) is 0 Å². The van der Waals surface area contributed by atoms with E-state index in [9.17, 15) is 4.79 Å². The summed E-state index contributed by atoms with van der Waals surface area (Å²) in [6.07, 6.45) is 4.59. The van der Waals surface area contributed by atoms with Crippen molar-refractivity contribution in [1.29, 1.82) is 0 Å². The molecule has 4 heteroatoms. The van der Waals surface area contributed by atoms with E-state index in [1.807, 2.05) is 0 Å². The Morgan fingerprint density at radius 1 is 1.32 bits per heavy atom. The van der Waals surface area contributed by atoms with Crippen molar-refractivity contribution < 1.29 is 19.4 Å². The summed E-state index contributed by atoms with van der Waals surface area (Å²) in [7, 11) is 1.56. The second kappa shape index (κ2) is 5.95. The molecule has 0 spiro atoms. The molecule has 19 heavy (non-hydrogen) atoms. The Labute approximate surface area is 113 Å². The topological polar surface area (TPSA) is 55.8 Å². The van der Waals surface area contributed by atoms with Gasteiger partial charge in [-0.3, -0.25) is 0 Å². The van der Waals surface area contributed by atoms with Gasteiger partial charge >= 0.3 is 5.97 Å². The van der Waals surface area contributed by atoms with Crippen LogP contribution in [0.5, 0.6) is 11.5 Å². The summed E-state index contributed by atoms with van der Waals surface area (Å²) in [4.78, 5) is 11.0. The number of hydrogen-bond donors (Lipinski definition) is 1. The molecule has 0 bridgehead atoms. The molecule has 0 saturated heterocycles. The van der Waals surface area contributed by atoms with Crippen molar-refractivity contribution >= 4 is 5.97 Å². The van der Waals surface area contributed by atoms with Gasteiger partial charge in [0.2, 0.25) is 0 Å². The van der Waals surface area contributed by atoms with E-state index in [1.165, 1.54) is 12.5 Å². The molecule has 1 aliphatic rings. The number of carboxylic acids is 1. The SMILES string of the molecule is COc1ccc(C(=O)O)cc1OC1CCCC(C)C1. The van der Waals surface area contributed by atoms with Crippen LogP contribution >= 0.6 is 0 Å². The lowest BCUT2D eigenvalue weighted by atomic mass is 9.89. The molecule has 0 aliphatic heterocycles. The van der Waals surface area contributed by atoms with Crippen LogP contribution in [-0.2, 0) is 0 Å². The van der Waals surface area contributed by atoms with E-state index in [0.717, 1.165) is 19.3 Å². The highest BCUT2D eigenvalue weighted by Gasteiger charge is 2.22. The molecule has 0 aromatic heterocycles. The largest absolute Gasteiger partial charge is 0.493 e. The number of ether oxygens (including phenoxy) is 2. The van der Waals surface area contributed by atoms with Crippen molar-refractivity contribution in [2.24, 2.45) is 5.92 Å². The van der Waals surface area contributed by atoms with Crippen LogP contribution in [-0.4, -0.2) is 24.3 Å². The molecule has 1 saturated carbocycles. The van der Waals surface area contributed by atoms with Gasteiger partial charge in [-0.25, -0.2) is 4.79 Å². The Hall–Kier alpha value is -1.71. The Morgan fingerprint density at radius 2 is 2.11 bits per heavy atom. The Bertz CT molecular complexity index is 455. The Morgan fingerprint density at radius 3 is 2.74 bits per heavy atom. The highest BCUT2D eigenvalue weighted by molar-refractivity contribution is 5.88. The van der Waals surface area contributed by atoms with Gasteiger partial charge in [0.05, 0.1) is 18.8 Å². The van der Waals surface area contributed by atoms with Gasteiger partial charge in [0.25, 0.3) is 0 Å². The second-order valence-electron chi connectivity index (χ2n) is 5.18. The van der Waals surface area contributed by atoms with Crippen molar-refractivity contribution in [1.82, 2.24) is 0 Å². The molecule has 0 amide bonds. The number of benzene rings is 1. The summed E-state index contributed by atoms with van der Waals surface area (Å²) in [5.41, 5.74) is 0.222. The molecule has 1 aromatic rings. The second-order valence-corrected chi connectivity index (χ2v) is 5.18. The van der Waals surface area contributed by atoms with Gasteiger partial charge in [0.1, 0.15) is 0 Å². The predicted molar refractivity (Wildman–Crippen MR) is 72.0 cm³/mol. The van der Waals surface area contributed by atoms with Gasteiger partial charge in [-0.2, -0.15) is 0 Å². The maximum atomic E-state index is 11.0. The smallest absolute Gasteiger partial charge is 0.335 e. The molecule has 0 heterocycles. The van der Waals surface area contributed by atoms with Crippen LogP contribution in [0.2, 0.25) is 0 Å². The Balaban J connectivity index is 2.17. The quantitative estimate of drug-likeness (QED) is 0.906. The molecular weight excluding hydrogens is 244 g/mol. The maximum Gasteiger partial charge on any atom is 0.335 e. The summed E-state index contributed by atoms with van der Waals surface area (Å²) in [6.45, 7) is 2.22. The third kappa shape index (κ3) is 3.40. The van der Waals surface area contributed by atoms with Crippen molar-refractivity contribution in [3.05, 3.63) is 23.8 Å². The standard InChI is InChI=1S/C15H20O4/c1-10-4-3-5-12(8-10)19-14-9-11(15(16)17)6-7-13(14)18-2/h6-7,9-10,12H,3-5,8H2,1-2H3,(H,16,17). The van der Waals surface area contributed by atoms with Crippen LogP contribution < -0.4 is 9.47 Å². The minimum atomic E-state index is -0.954. The van der Waals surface area contributed by atoms with E-state index in [2.05, 4.69) is 6.92 Å². The number of rotatable bonds is 4. The number of hydrogen-bond acceptors (Lipinski definition) is 3. The van der Waals surface area contributed by atoms with E-state index < -0.39 is 5.97 Å². The number of methoxy groups -OCH3 is 1. The summed E-state index contributed by atoms with van der Waals surface area (Å²) < 4.78 is 11.2. The van der Waals surface area contributed by atoms with Crippen LogP contribution in [0.15, 0.2) is 18.2 Å². The zero-order chi connectivity index (χ0) is 13.8. The van der Waals surface area contributed by atoms with Crippen LogP contribution in [0.1, 0.15) is 43.0 Å². The van der Waals surface area contributed by atoms with Crippen LogP contribution in [0.25, 0.3) is 0 Å². The van der Waals surface area contributed by atoms with E-state index in [1.54, 1.807) is 19.2 Å². The van der Waals surface area contributed by atoms with Crippen LogP contribution in [0, 0.1) is 5.92 Å². The average molecular weight is 264 g/mol. The number of carbonyl (C=O) groups is 1. The molecule has 4 nitrogen and oxygen atoms in total. The molecule has 1 aliphatic carbocycles. The normalized spacial score (nSPS) is 22.8. The van der Waals surface area contributed by atoms with Gasteiger partial charge < -0.3 is 14.6 Å². The van der Waals surface area contributed by atoms with Gasteiger partial charge in [0, 0.05) is 0 Å². The molecule has 1 fully saturated rings. The summed E-state index contributed by atoms with van der Waals surface area (Å²) >= 11 is 0. The fraction of sp³-hybridized carbons (Fsp3) is 0.533. The minimum Gasteiger partial charge on any atom is -0.493 e. The molecule has 2 rings (SSSR count). The third-order valence-corrected chi connectivity index (χ3v) is 3.59. The molecule has 104 valence electrons. The molecule has 2 unspecified atom stereocenters. The third-order valence-electron chi connectivity index (χ3n) is 3.59. The fourth-order valence-corrected chi connectivity index (χ4v) is 2.57. The number of aromatic carboxylic acids is 1. The van der Waals surface area contributed by atoms with Crippen molar-refractivity contribution in [3.63, 3.8) is 0 Å². The molecule has 1 N–H and O–H groups in total.